The van der Waals surface area contributed by atoms with Crippen LogP contribution >= 0.6 is 0 Å². The third-order valence-electron chi connectivity index (χ3n) is 26.9. The molecule has 840 valence electrons. The fraction of sp³-hybridized carbons (Fsp3) is 0.951. The summed E-state index contributed by atoms with van der Waals surface area (Å²) in [7, 11) is 3.25. The lowest BCUT2D eigenvalue weighted by Crippen LogP contribution is -2.72. The summed E-state index contributed by atoms with van der Waals surface area (Å²) in [6, 6.07) is -8.12. The summed E-state index contributed by atoms with van der Waals surface area (Å²) in [6.07, 6.45) is -113. The number of nitrogens with one attached hydrogen (secondary N) is 4. The minimum absolute atomic E-state index is 0.817. The standard InChI is InChI=1S/C82H138N4O59/c1-20-40(98)52(110)56(114)75(128-20)127-19-35-63(49(107)36(71(119)129-35)83-21(2)93)140-72-37(84-22(3)94)51(109)62(31(14-92)134-72)141-82-70(145-77-55(113)41(99)25(97)15-123-77)68(48(106)34(138-82)18-124-76-57(115)53(111)42(100)26(9-87)130-76)143-81-69(54(112)43(101)27(10-88)133-81)144-73-38(85-23(4)95)50(108)61(30(13-91)135-73)139-74-39(86-24(5)96)64(46(104)32(136-74)16-125-78-58(116)65(120-6)44(102)28(11-89)131-78)142-80-60(118)67(122-8)47(105)33(137-80)17-126-79-59(117)66(121-7)45(103)29(12-90)132-79/h20,25-82,87-92,97-119H,9-19H2,1-8H3,(H,83,93)(H,84,94)(H,85,95)(H,86,96)/t20-,25+,26+,27+,28+,29+,30+,31+,32+,33+,34+,35+,36+,37+,38+,39+,40+,41-,42+,43+,44-,45-,46+,47-,48+,49+,50+,51+,52+,53-,54-,55+,56-,57-,58+,59+,60+,61+,62+,63+,64+,65-,66-,67-,68-,69-,70-,71?,72-,73-,74-,75+,76-,77-,78+,79+,80-,81+,82-/m0/s1. The first kappa shape index (κ1) is 119. The molecule has 63 heteroatoms. The Balaban J connectivity index is 0.886. The molecular formula is C82H138N4O59. The van der Waals surface area contributed by atoms with E-state index in [1.54, 1.807) is 0 Å². The van der Waals surface area contributed by atoms with Gasteiger partial charge in [-0.1, -0.05) is 0 Å². The maximum absolute atomic E-state index is 13.7. The quantitative estimate of drug-likeness (QED) is 0.0272. The molecule has 4 amide bonds. The Morgan fingerprint density at radius 3 is 0.979 bits per heavy atom. The largest absolute Gasteiger partial charge is 0.394 e. The van der Waals surface area contributed by atoms with Crippen LogP contribution in [0.4, 0.5) is 0 Å². The molecule has 12 rings (SSSR count). The van der Waals surface area contributed by atoms with E-state index in [0.717, 1.165) is 49.0 Å². The summed E-state index contributed by atoms with van der Waals surface area (Å²) in [6.45, 7) is -6.51. The lowest BCUT2D eigenvalue weighted by molar-refractivity contribution is -0.411. The molecule has 0 saturated carbocycles. The zero-order valence-electron chi connectivity index (χ0n) is 79.1. The van der Waals surface area contributed by atoms with Crippen LogP contribution in [0, 0.1) is 0 Å². The molecule has 12 fully saturated rings. The highest BCUT2D eigenvalue weighted by atomic mass is 16.8. The number of ether oxygens (including phenoxy) is 26. The molecule has 0 bridgehead atoms. The highest BCUT2D eigenvalue weighted by Crippen LogP contribution is 2.43. The normalized spacial score (nSPS) is 49.6. The van der Waals surface area contributed by atoms with Crippen molar-refractivity contribution in [2.24, 2.45) is 0 Å². The number of hydrogen-bond acceptors (Lipinski definition) is 59. The average Bonchev–Trinajstić information content (AvgIpc) is 0.753. The molecule has 0 aromatic carbocycles. The number of carbonyl (C=O) groups is 4. The number of amides is 4. The Morgan fingerprint density at radius 1 is 0.234 bits per heavy atom. The van der Waals surface area contributed by atoms with Crippen LogP contribution in [0.2, 0.25) is 0 Å². The molecule has 12 heterocycles. The van der Waals surface area contributed by atoms with E-state index >= 15 is 0 Å². The zero-order valence-corrected chi connectivity index (χ0v) is 79.1. The van der Waals surface area contributed by atoms with Gasteiger partial charge in [0.05, 0.1) is 78.8 Å². The Kier molecular flexibility index (Phi) is 43.4. The fourth-order valence-electron chi connectivity index (χ4n) is 19.0. The number of aliphatic hydroxyl groups excluding tert-OH is 29. The van der Waals surface area contributed by atoms with Crippen LogP contribution in [0.25, 0.3) is 0 Å². The molecule has 0 aromatic heterocycles. The maximum atomic E-state index is 13.7. The molecule has 0 radical (unpaired) electrons. The second-order valence-electron chi connectivity index (χ2n) is 36.9. The summed E-state index contributed by atoms with van der Waals surface area (Å²) >= 11 is 0. The van der Waals surface area contributed by atoms with Crippen LogP contribution in [0.5, 0.6) is 0 Å². The van der Waals surface area contributed by atoms with Gasteiger partial charge in [-0.2, -0.15) is 0 Å². The predicted molar refractivity (Wildman–Crippen MR) is 448 cm³/mol. The van der Waals surface area contributed by atoms with Crippen LogP contribution < -0.4 is 21.3 Å². The Morgan fingerprint density at radius 2 is 0.524 bits per heavy atom. The molecule has 1 unspecified atom stereocenters. The lowest BCUT2D eigenvalue weighted by atomic mass is 9.93. The average molecular weight is 2120 g/mol. The van der Waals surface area contributed by atoms with Gasteiger partial charge in [-0.3, -0.25) is 19.2 Å². The van der Waals surface area contributed by atoms with Crippen LogP contribution in [0.3, 0.4) is 0 Å². The maximum Gasteiger partial charge on any atom is 0.217 e. The van der Waals surface area contributed by atoms with Crippen LogP contribution in [-0.2, 0) is 142 Å². The first-order chi connectivity index (χ1) is 68.7. The van der Waals surface area contributed by atoms with Crippen molar-refractivity contribution in [3.63, 3.8) is 0 Å². The summed E-state index contributed by atoms with van der Waals surface area (Å²) in [4.78, 5) is 53.5. The Bertz CT molecular complexity index is 3980. The van der Waals surface area contributed by atoms with Gasteiger partial charge in [0.1, 0.15) is 281 Å². The lowest BCUT2D eigenvalue weighted by Gasteiger charge is -2.52. The van der Waals surface area contributed by atoms with E-state index in [2.05, 4.69) is 21.3 Å². The molecule has 0 aliphatic carbocycles. The van der Waals surface area contributed by atoms with E-state index in [4.69, 9.17) is 123 Å². The number of methoxy groups -OCH3 is 3. The van der Waals surface area contributed by atoms with Crippen molar-refractivity contribution in [2.75, 3.05) is 94.0 Å². The SMILES string of the molecule is CO[C@H]1[C@@H](O)[C@@H](CO)O[C@@H](OC[C@H]2O[C@@H](O[C@H]3[C@H](O)[C@@H](CO[C@@H]4O[C@H](CO)[C@H](O)[C@H](OC)[C@H]4O)O[C@@H](O[C@H]4[C@H](O)[C@@H](NC(C)=O)[C@H](O[C@@H]5[C@@H](O[C@H]6[C@H](O)[C@@H](CO[C@H]7O[C@H](CO)[C@@H](O)[C@H](O)[C@@H]7O)O[C@@H](O[C@H]7[C@H](O)[C@@H](NC(C)=O)[C@H](O[C@H]8[C@H](O)[C@@H](NC(C)=O)C(O)O[C@@H]8CO[C@@H]8O[C@@H](C)[C@@H](O)[C@@H](O)[C@@H]8O)O[C@@H]7CO)[C@H]6O[C@@H]6OC[C@@H](O)[C@H](O)[C@H]6O)O[C@H](CO)[C@@H](O)[C@@H]5O)O[C@@H]4CO)[C@@H]3NC(C)=O)[C@H](O)[C@@H](OC)[C@H]2O)[C@@H]1O. The van der Waals surface area contributed by atoms with E-state index in [-0.39, 0.29) is 0 Å². The van der Waals surface area contributed by atoms with E-state index < -0.39 is 458 Å². The third-order valence-corrected chi connectivity index (χ3v) is 26.9. The van der Waals surface area contributed by atoms with E-state index in [0.29, 0.717) is 0 Å². The molecule has 0 aromatic rings. The van der Waals surface area contributed by atoms with Gasteiger partial charge >= 0.3 is 0 Å². The Labute approximate surface area is 823 Å². The van der Waals surface area contributed by atoms with Gasteiger partial charge in [-0.25, -0.2) is 0 Å². The molecular weight excluding hydrogens is 1980 g/mol. The van der Waals surface area contributed by atoms with Crippen molar-refractivity contribution in [3.05, 3.63) is 0 Å². The van der Waals surface area contributed by atoms with Crippen molar-refractivity contribution < 1.29 is 290 Å². The van der Waals surface area contributed by atoms with Gasteiger partial charge in [0.25, 0.3) is 0 Å². The van der Waals surface area contributed by atoms with E-state index in [1.165, 1.54) is 6.92 Å². The van der Waals surface area contributed by atoms with Crippen molar-refractivity contribution in [1.82, 2.24) is 21.3 Å². The molecule has 12 aliphatic rings. The smallest absolute Gasteiger partial charge is 0.217 e. The topological polar surface area (TPSA) is 943 Å². The van der Waals surface area contributed by atoms with Gasteiger partial charge < -0.3 is 293 Å². The van der Waals surface area contributed by atoms with Crippen molar-refractivity contribution >= 4 is 23.6 Å². The second-order valence-corrected chi connectivity index (χ2v) is 36.9. The van der Waals surface area contributed by atoms with Crippen molar-refractivity contribution in [1.29, 1.82) is 0 Å². The summed E-state index contributed by atoms with van der Waals surface area (Å²) in [5.41, 5.74) is 0. The molecule has 59 atom stereocenters. The Hall–Kier alpha value is -4.32. The number of aliphatic hydroxyl groups is 29. The van der Waals surface area contributed by atoms with Gasteiger partial charge in [-0.15, -0.1) is 0 Å². The number of carbonyl (C=O) groups excluding carboxylic acids is 4. The fourth-order valence-corrected chi connectivity index (χ4v) is 19.0. The van der Waals surface area contributed by atoms with Crippen LogP contribution in [0.1, 0.15) is 34.6 Å². The van der Waals surface area contributed by atoms with Crippen molar-refractivity contribution in [3.8, 4) is 0 Å². The van der Waals surface area contributed by atoms with Gasteiger partial charge in [-0.05, 0) is 6.92 Å². The van der Waals surface area contributed by atoms with Crippen LogP contribution in [0.15, 0.2) is 0 Å². The molecule has 63 nitrogen and oxygen atoms in total. The molecule has 12 aliphatic heterocycles. The molecule has 145 heavy (non-hydrogen) atoms. The minimum Gasteiger partial charge on any atom is -0.394 e. The molecule has 0 spiro atoms. The van der Waals surface area contributed by atoms with Gasteiger partial charge in [0.2, 0.25) is 23.6 Å². The van der Waals surface area contributed by atoms with Crippen LogP contribution in [-0.4, -0.2) is 628 Å². The van der Waals surface area contributed by atoms with Gasteiger partial charge in [0.15, 0.2) is 75.5 Å². The van der Waals surface area contributed by atoms with E-state index in [9.17, 15) is 167 Å². The zero-order chi connectivity index (χ0) is 106. The first-order valence-corrected chi connectivity index (χ1v) is 46.6. The minimum atomic E-state index is -2.60. The number of hydrogen-bond donors (Lipinski definition) is 33. The first-order valence-electron chi connectivity index (χ1n) is 46.6. The number of rotatable bonds is 39. The molecule has 33 N–H and O–H groups in total. The summed E-state index contributed by atoms with van der Waals surface area (Å²) in [5, 5.41) is 340. The summed E-state index contributed by atoms with van der Waals surface area (Å²) < 4.78 is 156. The second kappa shape index (κ2) is 52.7. The highest BCUT2D eigenvalue weighted by Gasteiger charge is 2.64. The predicted octanol–water partition coefficient (Wildman–Crippen LogP) is -23.0. The van der Waals surface area contributed by atoms with Crippen molar-refractivity contribution in [2.45, 2.75) is 397 Å². The van der Waals surface area contributed by atoms with E-state index in [1.807, 2.05) is 0 Å². The van der Waals surface area contributed by atoms with Gasteiger partial charge in [0, 0.05) is 49.0 Å². The monoisotopic (exact) mass is 2120 g/mol. The highest BCUT2D eigenvalue weighted by molar-refractivity contribution is 5.74. The molecule has 12 saturated heterocycles. The third kappa shape index (κ3) is 26.7. The summed E-state index contributed by atoms with van der Waals surface area (Å²) in [5.74, 6) is -3.98.